The second-order valence-corrected chi connectivity index (χ2v) is 11.2. The summed E-state index contributed by atoms with van der Waals surface area (Å²) in [6, 6.07) is 13.1. The minimum absolute atomic E-state index is 0.251. The molecule has 5 heteroatoms. The Labute approximate surface area is 173 Å². The maximum Gasteiger partial charge on any atom is 0.261 e. The lowest BCUT2D eigenvalue weighted by Crippen LogP contribution is -2.48. The van der Waals surface area contributed by atoms with Crippen molar-refractivity contribution >= 4 is 15.7 Å². The summed E-state index contributed by atoms with van der Waals surface area (Å²) >= 11 is 0. The Morgan fingerprint density at radius 1 is 0.931 bits per heavy atom. The van der Waals surface area contributed by atoms with Gasteiger partial charge in [-0.25, -0.2) is 8.42 Å². The lowest BCUT2D eigenvalue weighted by Gasteiger charge is -2.57. The van der Waals surface area contributed by atoms with Crippen LogP contribution in [0.5, 0.6) is 5.75 Å². The minimum atomic E-state index is -3.62. The van der Waals surface area contributed by atoms with Gasteiger partial charge in [-0.15, -0.1) is 0 Å². The lowest BCUT2D eigenvalue weighted by molar-refractivity contribution is -0.00518. The van der Waals surface area contributed by atoms with Crippen LogP contribution in [0.15, 0.2) is 47.4 Å². The molecule has 4 saturated carbocycles. The number of hydrogen-bond donors (Lipinski definition) is 1. The van der Waals surface area contributed by atoms with Crippen LogP contribution >= 0.6 is 0 Å². The minimum Gasteiger partial charge on any atom is -0.496 e. The van der Waals surface area contributed by atoms with Gasteiger partial charge in [-0.3, -0.25) is 4.72 Å². The number of ether oxygens (including phenoxy) is 1. The summed E-state index contributed by atoms with van der Waals surface area (Å²) in [5, 5.41) is 0. The molecule has 2 aromatic carbocycles. The molecule has 0 saturated heterocycles. The molecule has 0 heterocycles. The highest BCUT2D eigenvalue weighted by Crippen LogP contribution is 2.60. The summed E-state index contributed by atoms with van der Waals surface area (Å²) in [4.78, 5) is 0.251. The van der Waals surface area contributed by atoms with Crippen molar-refractivity contribution in [3.8, 4) is 5.75 Å². The third-order valence-corrected chi connectivity index (χ3v) is 8.84. The summed E-state index contributed by atoms with van der Waals surface area (Å²) in [6.07, 6.45) is 8.23. The SMILES string of the molecule is COc1ccc(S(=O)(=O)Nc2ccc(C34CC5CC(CC(C5)C3)C4)cc2)cc1C. The van der Waals surface area contributed by atoms with Crippen LogP contribution < -0.4 is 9.46 Å². The predicted molar refractivity (Wildman–Crippen MR) is 115 cm³/mol. The van der Waals surface area contributed by atoms with E-state index >= 15 is 0 Å². The Balaban J connectivity index is 1.36. The fourth-order valence-corrected chi connectivity index (χ4v) is 7.73. The molecule has 1 N–H and O–H groups in total. The van der Waals surface area contributed by atoms with Crippen molar-refractivity contribution in [3.05, 3.63) is 53.6 Å². The zero-order chi connectivity index (χ0) is 20.2. The van der Waals surface area contributed by atoms with Crippen molar-refractivity contribution in [2.45, 2.75) is 55.8 Å². The molecule has 4 aliphatic rings. The quantitative estimate of drug-likeness (QED) is 0.729. The van der Waals surface area contributed by atoms with E-state index in [1.807, 2.05) is 19.1 Å². The van der Waals surface area contributed by atoms with Gasteiger partial charge in [0.15, 0.2) is 0 Å². The highest BCUT2D eigenvalue weighted by atomic mass is 32.2. The summed E-state index contributed by atoms with van der Waals surface area (Å²) in [6.45, 7) is 1.85. The van der Waals surface area contributed by atoms with Crippen molar-refractivity contribution < 1.29 is 13.2 Å². The Hall–Kier alpha value is -2.01. The molecule has 0 radical (unpaired) electrons. The van der Waals surface area contributed by atoms with Gasteiger partial charge in [0.25, 0.3) is 10.0 Å². The molecule has 0 aliphatic heterocycles. The highest BCUT2D eigenvalue weighted by Gasteiger charge is 2.51. The molecule has 0 spiro atoms. The van der Waals surface area contributed by atoms with E-state index in [9.17, 15) is 8.42 Å². The highest BCUT2D eigenvalue weighted by molar-refractivity contribution is 7.92. The van der Waals surface area contributed by atoms with Crippen LogP contribution in [0.4, 0.5) is 5.69 Å². The molecule has 2 aromatic rings. The summed E-state index contributed by atoms with van der Waals surface area (Å²) in [5.74, 6) is 3.39. The van der Waals surface area contributed by atoms with Crippen molar-refractivity contribution in [1.29, 1.82) is 0 Å². The Morgan fingerprint density at radius 2 is 1.52 bits per heavy atom. The van der Waals surface area contributed by atoms with E-state index in [4.69, 9.17) is 4.74 Å². The molecule has 6 rings (SSSR count). The molecule has 0 aromatic heterocycles. The monoisotopic (exact) mass is 411 g/mol. The van der Waals surface area contributed by atoms with Gasteiger partial charge >= 0.3 is 0 Å². The second kappa shape index (κ2) is 6.76. The molecule has 0 atom stereocenters. The summed E-state index contributed by atoms with van der Waals surface area (Å²) < 4.78 is 33.6. The molecule has 4 fully saturated rings. The van der Waals surface area contributed by atoms with E-state index in [0.29, 0.717) is 16.9 Å². The first-order valence-electron chi connectivity index (χ1n) is 10.6. The molecule has 154 valence electrons. The molecular weight excluding hydrogens is 382 g/mol. The zero-order valence-corrected chi connectivity index (χ0v) is 18.0. The zero-order valence-electron chi connectivity index (χ0n) is 17.1. The van der Waals surface area contributed by atoms with E-state index in [0.717, 1.165) is 23.3 Å². The van der Waals surface area contributed by atoms with E-state index in [2.05, 4.69) is 16.9 Å². The Kier molecular flexibility index (Phi) is 4.43. The third-order valence-electron chi connectivity index (χ3n) is 7.46. The van der Waals surface area contributed by atoms with Crippen molar-refractivity contribution in [2.24, 2.45) is 17.8 Å². The topological polar surface area (TPSA) is 55.4 Å². The molecule has 29 heavy (non-hydrogen) atoms. The molecular formula is C24H29NO3S. The first-order chi connectivity index (χ1) is 13.9. The molecule has 4 aliphatic carbocycles. The maximum atomic E-state index is 12.8. The van der Waals surface area contributed by atoms with Crippen LogP contribution in [0, 0.1) is 24.7 Å². The number of benzene rings is 2. The fourth-order valence-electron chi connectivity index (χ4n) is 6.59. The van der Waals surface area contributed by atoms with Crippen LogP contribution in [0.2, 0.25) is 0 Å². The molecule has 4 bridgehead atoms. The Morgan fingerprint density at radius 3 is 2.03 bits per heavy atom. The van der Waals surface area contributed by atoms with Crippen LogP contribution in [0.25, 0.3) is 0 Å². The van der Waals surface area contributed by atoms with Gasteiger partial charge in [-0.2, -0.15) is 0 Å². The van der Waals surface area contributed by atoms with Crippen LogP contribution in [-0.4, -0.2) is 15.5 Å². The number of anilines is 1. The standard InChI is InChI=1S/C24H29NO3S/c1-16-9-22(7-8-23(16)28-2)29(26,27)25-21-5-3-20(4-6-21)24-13-17-10-18(14-24)12-19(11-17)15-24/h3-9,17-19,25H,10-15H2,1-2H3. The number of rotatable bonds is 5. The van der Waals surface area contributed by atoms with Gasteiger partial charge in [0.1, 0.15) is 5.75 Å². The summed E-state index contributed by atoms with van der Waals surface area (Å²) in [5.41, 5.74) is 3.15. The summed E-state index contributed by atoms with van der Waals surface area (Å²) in [7, 11) is -2.04. The van der Waals surface area contributed by atoms with E-state index < -0.39 is 10.0 Å². The van der Waals surface area contributed by atoms with E-state index in [-0.39, 0.29) is 4.90 Å². The van der Waals surface area contributed by atoms with Gasteiger partial charge in [-0.1, -0.05) is 12.1 Å². The van der Waals surface area contributed by atoms with Crippen LogP contribution in [0.1, 0.15) is 49.7 Å². The fraction of sp³-hybridized carbons (Fsp3) is 0.500. The van der Waals surface area contributed by atoms with Gasteiger partial charge < -0.3 is 4.74 Å². The van der Waals surface area contributed by atoms with Gasteiger partial charge in [0.05, 0.1) is 12.0 Å². The number of aryl methyl sites for hydroxylation is 1. The van der Waals surface area contributed by atoms with Gasteiger partial charge in [0.2, 0.25) is 0 Å². The first kappa shape index (κ1) is 19.0. The third kappa shape index (κ3) is 3.33. The largest absolute Gasteiger partial charge is 0.496 e. The number of methoxy groups -OCH3 is 1. The average Bonchev–Trinajstić information content (AvgIpc) is 2.67. The van der Waals surface area contributed by atoms with E-state index in [1.54, 1.807) is 25.3 Å². The van der Waals surface area contributed by atoms with Gasteiger partial charge in [-0.05, 0) is 110 Å². The maximum absolute atomic E-state index is 12.8. The molecule has 4 nitrogen and oxygen atoms in total. The lowest BCUT2D eigenvalue weighted by atomic mass is 9.48. The molecule has 0 amide bonds. The van der Waals surface area contributed by atoms with Crippen molar-refractivity contribution in [3.63, 3.8) is 0 Å². The average molecular weight is 412 g/mol. The first-order valence-corrected chi connectivity index (χ1v) is 12.1. The van der Waals surface area contributed by atoms with E-state index in [1.165, 1.54) is 44.1 Å². The smallest absolute Gasteiger partial charge is 0.261 e. The molecule has 0 unspecified atom stereocenters. The Bertz CT molecular complexity index is 991. The predicted octanol–water partition coefficient (Wildman–Crippen LogP) is 5.27. The van der Waals surface area contributed by atoms with Crippen molar-refractivity contribution in [2.75, 3.05) is 11.8 Å². The van der Waals surface area contributed by atoms with Crippen LogP contribution in [-0.2, 0) is 15.4 Å². The number of nitrogens with one attached hydrogen (secondary N) is 1. The second-order valence-electron chi connectivity index (χ2n) is 9.51. The van der Waals surface area contributed by atoms with Crippen molar-refractivity contribution in [1.82, 2.24) is 0 Å². The van der Waals surface area contributed by atoms with Gasteiger partial charge in [0, 0.05) is 5.69 Å². The number of sulfonamides is 1. The number of hydrogen-bond acceptors (Lipinski definition) is 3. The van der Waals surface area contributed by atoms with Crippen LogP contribution in [0.3, 0.4) is 0 Å². The normalized spacial score (nSPS) is 30.3.